The van der Waals surface area contributed by atoms with Crippen LogP contribution in [0.1, 0.15) is 25.3 Å². The quantitative estimate of drug-likeness (QED) is 0.891. The third-order valence-corrected chi connectivity index (χ3v) is 4.62. The van der Waals surface area contributed by atoms with Crippen LogP contribution in [0.3, 0.4) is 0 Å². The first-order valence-corrected chi connectivity index (χ1v) is 8.20. The molecule has 0 fully saturated rings. The van der Waals surface area contributed by atoms with Crippen LogP contribution >= 0.6 is 0 Å². The lowest BCUT2D eigenvalue weighted by molar-refractivity contribution is 0.376. The lowest BCUT2D eigenvalue weighted by Crippen LogP contribution is -2.40. The predicted octanol–water partition coefficient (Wildman–Crippen LogP) is 2.35. The number of rotatable bonds is 2. The van der Waals surface area contributed by atoms with Crippen molar-refractivity contribution in [3.8, 4) is 0 Å². The summed E-state index contributed by atoms with van der Waals surface area (Å²) in [6, 6.07) is 16.5. The summed E-state index contributed by atoms with van der Waals surface area (Å²) in [6.45, 7) is 4.35. The molecule has 4 rings (SSSR count). The van der Waals surface area contributed by atoms with Gasteiger partial charge in [0.1, 0.15) is 5.70 Å². The number of benzene rings is 2. The first-order chi connectivity index (χ1) is 11.6. The van der Waals surface area contributed by atoms with Gasteiger partial charge in [0.2, 0.25) is 5.88 Å². The fraction of sp³-hybridized carbons (Fsp3) is 0.200. The van der Waals surface area contributed by atoms with Crippen LogP contribution in [0, 0.1) is 0 Å². The summed E-state index contributed by atoms with van der Waals surface area (Å²) < 4.78 is 0. The predicted molar refractivity (Wildman–Crippen MR) is 97.1 cm³/mol. The van der Waals surface area contributed by atoms with Crippen molar-refractivity contribution in [3.63, 3.8) is 0 Å². The Kier molecular flexibility index (Phi) is 3.27. The van der Waals surface area contributed by atoms with Gasteiger partial charge in [-0.1, -0.05) is 50.2 Å². The van der Waals surface area contributed by atoms with E-state index in [4.69, 9.17) is 0 Å². The van der Waals surface area contributed by atoms with Crippen LogP contribution in [0.5, 0.6) is 0 Å². The summed E-state index contributed by atoms with van der Waals surface area (Å²) >= 11 is 0. The van der Waals surface area contributed by atoms with Gasteiger partial charge in [0, 0.05) is 23.7 Å². The van der Waals surface area contributed by atoms with Gasteiger partial charge >= 0.3 is 0 Å². The zero-order valence-electron chi connectivity index (χ0n) is 14.1. The van der Waals surface area contributed by atoms with E-state index in [9.17, 15) is 5.11 Å². The second-order valence-corrected chi connectivity index (χ2v) is 6.57. The molecule has 2 aliphatic heterocycles. The van der Waals surface area contributed by atoms with E-state index >= 15 is 0 Å². The van der Waals surface area contributed by atoms with Crippen LogP contribution in [-0.2, 0) is 0 Å². The molecule has 4 heteroatoms. The number of nitrogens with one attached hydrogen (secondary N) is 1. The van der Waals surface area contributed by atoms with E-state index in [0.717, 1.165) is 27.5 Å². The maximum absolute atomic E-state index is 10.8. The molecule has 122 valence electrons. The van der Waals surface area contributed by atoms with E-state index < -0.39 is 0 Å². The smallest absolute Gasteiger partial charge is 0.237 e. The van der Waals surface area contributed by atoms with E-state index in [-0.39, 0.29) is 5.88 Å². The highest BCUT2D eigenvalue weighted by Crippen LogP contribution is 2.31. The largest absolute Gasteiger partial charge is 0.492 e. The monoisotopic (exact) mass is 319 g/mol. The Labute approximate surface area is 141 Å². The molecule has 0 bridgehead atoms. The molecule has 2 aromatic rings. The number of hydrogen-bond donors (Lipinski definition) is 2. The summed E-state index contributed by atoms with van der Waals surface area (Å²) in [5.74, 6) is 0.706. The molecular weight excluding hydrogens is 298 g/mol. The van der Waals surface area contributed by atoms with Crippen LogP contribution in [0.2, 0.25) is 0 Å². The zero-order chi connectivity index (χ0) is 16.8. The second-order valence-electron chi connectivity index (χ2n) is 6.57. The maximum atomic E-state index is 10.8. The lowest BCUT2D eigenvalue weighted by atomic mass is 10.0. The van der Waals surface area contributed by atoms with Crippen molar-refractivity contribution in [3.05, 3.63) is 76.1 Å². The molecule has 2 aromatic carbocycles. The molecule has 0 aliphatic carbocycles. The van der Waals surface area contributed by atoms with Crippen molar-refractivity contribution >= 4 is 17.6 Å². The number of hydrazine groups is 1. The van der Waals surface area contributed by atoms with E-state index in [1.165, 1.54) is 5.56 Å². The molecule has 24 heavy (non-hydrogen) atoms. The molecule has 0 aromatic heterocycles. The van der Waals surface area contributed by atoms with E-state index in [2.05, 4.69) is 43.5 Å². The Morgan fingerprint density at radius 3 is 2.42 bits per heavy atom. The van der Waals surface area contributed by atoms with Crippen molar-refractivity contribution < 1.29 is 5.11 Å². The Morgan fingerprint density at radius 2 is 1.71 bits per heavy atom. The number of aliphatic hydroxyl groups excluding tert-OH is 1. The van der Waals surface area contributed by atoms with Gasteiger partial charge in [-0.25, -0.2) is 5.01 Å². The first-order valence-electron chi connectivity index (χ1n) is 8.20. The molecule has 0 spiro atoms. The molecule has 0 unspecified atom stereocenters. The van der Waals surface area contributed by atoms with Crippen LogP contribution in [0.4, 0.5) is 5.69 Å². The third kappa shape index (κ3) is 2.14. The van der Waals surface area contributed by atoms with Crippen molar-refractivity contribution in [2.75, 3.05) is 12.1 Å². The van der Waals surface area contributed by atoms with Gasteiger partial charge < -0.3 is 10.0 Å². The van der Waals surface area contributed by atoms with Crippen molar-refractivity contribution in [2.24, 2.45) is 0 Å². The van der Waals surface area contributed by atoms with Gasteiger partial charge in [0.05, 0.1) is 11.4 Å². The Morgan fingerprint density at radius 1 is 1.00 bits per heavy atom. The average molecular weight is 319 g/mol. The zero-order valence-corrected chi connectivity index (χ0v) is 14.1. The SMILES string of the molecule is CC(C)c1ccc(N2NC3=c4ccccc4=CN(C)C3=C2O)cc1. The maximum Gasteiger partial charge on any atom is 0.237 e. The van der Waals surface area contributed by atoms with Crippen LogP contribution in [0.25, 0.3) is 11.9 Å². The minimum absolute atomic E-state index is 0.218. The fourth-order valence-electron chi connectivity index (χ4n) is 3.26. The minimum Gasteiger partial charge on any atom is -0.492 e. The van der Waals surface area contributed by atoms with Crippen molar-refractivity contribution in [2.45, 2.75) is 19.8 Å². The first kappa shape index (κ1) is 14.7. The molecule has 2 N–H and O–H groups in total. The van der Waals surface area contributed by atoms with E-state index in [0.29, 0.717) is 5.92 Å². The molecule has 0 saturated carbocycles. The summed E-state index contributed by atoms with van der Waals surface area (Å²) in [7, 11) is 1.95. The van der Waals surface area contributed by atoms with Gasteiger partial charge in [0.15, 0.2) is 0 Å². The molecule has 0 saturated heterocycles. The standard InChI is InChI=1S/C20H21N3O/c1-13(2)14-8-10-16(11-9-14)23-20(24)19-18(21-23)17-7-5-4-6-15(17)12-22(19)3/h4-13,21,24H,1-3H3. The minimum atomic E-state index is 0.218. The third-order valence-electron chi connectivity index (χ3n) is 4.62. The van der Waals surface area contributed by atoms with Gasteiger partial charge in [0.25, 0.3) is 0 Å². The average Bonchev–Trinajstić information content (AvgIpc) is 2.93. The molecule has 2 aliphatic rings. The van der Waals surface area contributed by atoms with E-state index in [1.807, 2.05) is 42.4 Å². The lowest BCUT2D eigenvalue weighted by Gasteiger charge is -2.20. The van der Waals surface area contributed by atoms with E-state index in [1.54, 1.807) is 5.01 Å². The molecule has 0 radical (unpaired) electrons. The molecule has 4 nitrogen and oxygen atoms in total. The van der Waals surface area contributed by atoms with Crippen LogP contribution in [0.15, 0.2) is 60.1 Å². The number of nitrogens with zero attached hydrogens (tertiary/aromatic N) is 2. The Bertz CT molecular complexity index is 942. The Hall–Kier alpha value is -2.88. The highest BCUT2D eigenvalue weighted by molar-refractivity contribution is 5.75. The highest BCUT2D eigenvalue weighted by atomic mass is 16.3. The molecule has 2 heterocycles. The highest BCUT2D eigenvalue weighted by Gasteiger charge is 2.31. The Balaban J connectivity index is 1.82. The van der Waals surface area contributed by atoms with Gasteiger partial charge in [-0.3, -0.25) is 5.43 Å². The fourth-order valence-corrected chi connectivity index (χ4v) is 3.26. The summed E-state index contributed by atoms with van der Waals surface area (Å²) in [4.78, 5) is 1.96. The summed E-state index contributed by atoms with van der Waals surface area (Å²) in [5.41, 5.74) is 7.28. The molecule has 0 atom stereocenters. The summed E-state index contributed by atoms with van der Waals surface area (Å²) in [5, 5.41) is 14.7. The number of anilines is 1. The molecule has 0 amide bonds. The number of aliphatic hydroxyl groups is 1. The second kappa shape index (κ2) is 5.34. The number of fused-ring (bicyclic) bond motifs is 2. The number of likely N-dealkylation sites (N-methyl/N-ethyl adjacent to an activating group) is 1. The molecular formula is C20H21N3O. The van der Waals surface area contributed by atoms with Crippen LogP contribution < -0.4 is 20.9 Å². The van der Waals surface area contributed by atoms with Crippen molar-refractivity contribution in [1.82, 2.24) is 10.3 Å². The summed E-state index contributed by atoms with van der Waals surface area (Å²) in [6.07, 6.45) is 2.04. The van der Waals surface area contributed by atoms with Gasteiger partial charge in [-0.05, 0) is 23.6 Å². The number of hydrogen-bond acceptors (Lipinski definition) is 4. The van der Waals surface area contributed by atoms with Gasteiger partial charge in [-0.15, -0.1) is 0 Å². The van der Waals surface area contributed by atoms with Crippen LogP contribution in [-0.4, -0.2) is 17.1 Å². The topological polar surface area (TPSA) is 38.7 Å². The van der Waals surface area contributed by atoms with Crippen molar-refractivity contribution in [1.29, 1.82) is 0 Å². The normalized spacial score (nSPS) is 16.1. The van der Waals surface area contributed by atoms with Gasteiger partial charge in [-0.2, -0.15) is 0 Å².